The van der Waals surface area contributed by atoms with E-state index >= 15 is 0 Å². The van der Waals surface area contributed by atoms with Crippen molar-refractivity contribution in [2.24, 2.45) is 0 Å². The van der Waals surface area contributed by atoms with Crippen LogP contribution in [-0.2, 0) is 4.74 Å². The average Bonchev–Trinajstić information content (AvgIpc) is 3.12. The van der Waals surface area contributed by atoms with Crippen molar-refractivity contribution in [3.05, 3.63) is 64.4 Å². The minimum absolute atomic E-state index is 0.0679. The molecule has 0 saturated heterocycles. The number of carbonyl (C=O) groups is 2. The molecule has 6 heteroatoms. The van der Waals surface area contributed by atoms with Gasteiger partial charge >= 0.3 is 0 Å². The van der Waals surface area contributed by atoms with Gasteiger partial charge in [-0.1, -0.05) is 12.1 Å². The molecule has 2 aliphatic heterocycles. The van der Waals surface area contributed by atoms with Crippen LogP contribution in [0.4, 0.5) is 0 Å². The molecule has 2 atom stereocenters. The first-order valence-corrected chi connectivity index (χ1v) is 7.38. The Morgan fingerprint density at radius 2 is 1.83 bits per heavy atom. The van der Waals surface area contributed by atoms with Crippen molar-refractivity contribution < 1.29 is 29.3 Å². The molecular formula is C18H10O6. The van der Waals surface area contributed by atoms with Crippen LogP contribution < -0.4 is 4.74 Å². The van der Waals surface area contributed by atoms with Gasteiger partial charge < -0.3 is 19.7 Å². The number of ketones is 2. The fraction of sp³-hybridized carbons (Fsp3) is 0.111. The van der Waals surface area contributed by atoms with E-state index < -0.39 is 17.9 Å². The highest BCUT2D eigenvalue weighted by Gasteiger charge is 2.44. The van der Waals surface area contributed by atoms with Crippen molar-refractivity contribution in [1.29, 1.82) is 0 Å². The number of hydrogen-bond acceptors (Lipinski definition) is 6. The molecule has 3 aliphatic rings. The van der Waals surface area contributed by atoms with Gasteiger partial charge in [-0.3, -0.25) is 9.59 Å². The number of hydrogen-bond donors (Lipinski definition) is 2. The lowest BCUT2D eigenvalue weighted by atomic mass is 9.81. The Balaban J connectivity index is 1.81. The van der Waals surface area contributed by atoms with Crippen LogP contribution in [-0.4, -0.2) is 28.1 Å². The van der Waals surface area contributed by atoms with E-state index in [-0.39, 0.29) is 39.7 Å². The number of aromatic hydroxyl groups is 2. The molecule has 2 heterocycles. The third kappa shape index (κ3) is 1.40. The zero-order valence-electron chi connectivity index (χ0n) is 12.1. The standard InChI is InChI=1S/C18H10O6/c19-10-3-1-2-7-12(10)16(21)14-9(15(7)20)6-11-13(17(14)22)8-4-5-23-18(8)24-11/h1-6,8,18-19,22H. The second-order valence-electron chi connectivity index (χ2n) is 5.89. The van der Waals surface area contributed by atoms with Crippen molar-refractivity contribution >= 4 is 11.6 Å². The van der Waals surface area contributed by atoms with Gasteiger partial charge in [0.2, 0.25) is 5.78 Å². The third-order valence-corrected chi connectivity index (χ3v) is 4.66. The SMILES string of the molecule is O=C1c2cccc(O)c2C(=O)c2c1cc1c(c2O)C2C=COC2O1. The molecule has 2 unspecified atom stereocenters. The Bertz CT molecular complexity index is 987. The molecule has 118 valence electrons. The summed E-state index contributed by atoms with van der Waals surface area (Å²) in [6.45, 7) is 0. The van der Waals surface area contributed by atoms with Crippen LogP contribution >= 0.6 is 0 Å². The topological polar surface area (TPSA) is 93.1 Å². The van der Waals surface area contributed by atoms with Gasteiger partial charge in [0, 0.05) is 11.1 Å². The van der Waals surface area contributed by atoms with Gasteiger partial charge in [0.25, 0.3) is 6.29 Å². The van der Waals surface area contributed by atoms with Gasteiger partial charge in [-0.25, -0.2) is 0 Å². The Kier molecular flexibility index (Phi) is 2.29. The number of ether oxygens (including phenoxy) is 2. The van der Waals surface area contributed by atoms with Crippen molar-refractivity contribution in [3.8, 4) is 17.2 Å². The maximum absolute atomic E-state index is 12.8. The van der Waals surface area contributed by atoms with E-state index in [1.165, 1.54) is 30.5 Å². The van der Waals surface area contributed by atoms with Crippen LogP contribution in [0.25, 0.3) is 0 Å². The Labute approximate surface area is 135 Å². The van der Waals surface area contributed by atoms with Crippen LogP contribution in [0.3, 0.4) is 0 Å². The van der Waals surface area contributed by atoms with Crippen molar-refractivity contribution in [2.45, 2.75) is 12.2 Å². The molecular weight excluding hydrogens is 312 g/mol. The molecule has 0 fully saturated rings. The molecule has 6 nitrogen and oxygen atoms in total. The van der Waals surface area contributed by atoms with Crippen molar-refractivity contribution in [3.63, 3.8) is 0 Å². The lowest BCUT2D eigenvalue weighted by Crippen LogP contribution is -2.21. The van der Waals surface area contributed by atoms with Crippen molar-refractivity contribution in [1.82, 2.24) is 0 Å². The predicted octanol–water partition coefficient (Wildman–Crippen LogP) is 2.22. The smallest absolute Gasteiger partial charge is 0.250 e. The first kappa shape index (κ1) is 13.2. The summed E-state index contributed by atoms with van der Waals surface area (Å²) in [7, 11) is 0. The second kappa shape index (κ2) is 4.17. The van der Waals surface area contributed by atoms with Crippen LogP contribution in [0.1, 0.15) is 43.3 Å². The summed E-state index contributed by atoms with van der Waals surface area (Å²) < 4.78 is 10.9. The van der Waals surface area contributed by atoms with Gasteiger partial charge in [0.15, 0.2) is 5.78 Å². The molecule has 0 saturated carbocycles. The fourth-order valence-electron chi connectivity index (χ4n) is 3.57. The molecule has 24 heavy (non-hydrogen) atoms. The fourth-order valence-corrected chi connectivity index (χ4v) is 3.57. The molecule has 0 amide bonds. The maximum atomic E-state index is 12.8. The largest absolute Gasteiger partial charge is 0.507 e. The number of benzene rings is 2. The highest BCUT2D eigenvalue weighted by Crippen LogP contribution is 2.51. The summed E-state index contributed by atoms with van der Waals surface area (Å²) in [6, 6.07) is 5.78. The van der Waals surface area contributed by atoms with E-state index in [2.05, 4.69) is 0 Å². The summed E-state index contributed by atoms with van der Waals surface area (Å²) >= 11 is 0. The normalized spacial score (nSPS) is 22.3. The number of rotatable bonds is 0. The van der Waals surface area contributed by atoms with Gasteiger partial charge in [-0.05, 0) is 18.2 Å². The maximum Gasteiger partial charge on any atom is 0.250 e. The van der Waals surface area contributed by atoms with Crippen LogP contribution in [0.5, 0.6) is 17.2 Å². The molecule has 0 radical (unpaired) electrons. The summed E-state index contributed by atoms with van der Waals surface area (Å²) in [5, 5.41) is 20.7. The summed E-state index contributed by atoms with van der Waals surface area (Å²) in [5.41, 5.74) is 0.420. The van der Waals surface area contributed by atoms with Crippen molar-refractivity contribution in [2.75, 3.05) is 0 Å². The van der Waals surface area contributed by atoms with Crippen LogP contribution in [0, 0.1) is 0 Å². The summed E-state index contributed by atoms with van der Waals surface area (Å²) in [4.78, 5) is 25.6. The van der Waals surface area contributed by atoms with Gasteiger partial charge in [-0.15, -0.1) is 0 Å². The van der Waals surface area contributed by atoms with E-state index in [0.29, 0.717) is 11.3 Å². The van der Waals surface area contributed by atoms with Gasteiger partial charge in [0.1, 0.15) is 17.2 Å². The molecule has 0 bridgehead atoms. The Hall–Kier alpha value is -3.28. The molecule has 2 N–H and O–H groups in total. The first-order chi connectivity index (χ1) is 11.6. The Morgan fingerprint density at radius 1 is 1.00 bits per heavy atom. The molecule has 0 aromatic heterocycles. The number of carbonyl (C=O) groups excluding carboxylic acids is 2. The quantitative estimate of drug-likeness (QED) is 0.659. The molecule has 1 aliphatic carbocycles. The average molecular weight is 322 g/mol. The predicted molar refractivity (Wildman–Crippen MR) is 80.5 cm³/mol. The number of fused-ring (bicyclic) bond motifs is 5. The van der Waals surface area contributed by atoms with E-state index in [0.717, 1.165) is 0 Å². The highest BCUT2D eigenvalue weighted by atomic mass is 16.7. The van der Waals surface area contributed by atoms with E-state index in [1.807, 2.05) is 0 Å². The lowest BCUT2D eigenvalue weighted by molar-refractivity contribution is -0.00487. The Morgan fingerprint density at radius 3 is 2.67 bits per heavy atom. The second-order valence-corrected chi connectivity index (χ2v) is 5.89. The number of phenolic OH excluding ortho intramolecular Hbond substituents is 2. The minimum atomic E-state index is -0.601. The van der Waals surface area contributed by atoms with E-state index in [4.69, 9.17) is 9.47 Å². The third-order valence-electron chi connectivity index (χ3n) is 4.66. The van der Waals surface area contributed by atoms with E-state index in [1.54, 1.807) is 6.08 Å². The molecule has 2 aromatic rings. The van der Waals surface area contributed by atoms with Gasteiger partial charge in [0.05, 0.1) is 28.9 Å². The van der Waals surface area contributed by atoms with E-state index in [9.17, 15) is 19.8 Å². The highest BCUT2D eigenvalue weighted by molar-refractivity contribution is 6.30. The summed E-state index contributed by atoms with van der Waals surface area (Å²) in [5.74, 6) is -1.60. The monoisotopic (exact) mass is 322 g/mol. The zero-order valence-corrected chi connectivity index (χ0v) is 12.1. The van der Waals surface area contributed by atoms with Crippen LogP contribution in [0.2, 0.25) is 0 Å². The minimum Gasteiger partial charge on any atom is -0.507 e. The number of phenols is 2. The molecule has 0 spiro atoms. The molecule has 5 rings (SSSR count). The van der Waals surface area contributed by atoms with Gasteiger partial charge in [-0.2, -0.15) is 0 Å². The summed E-state index contributed by atoms with van der Waals surface area (Å²) in [6.07, 6.45) is 2.60. The first-order valence-electron chi connectivity index (χ1n) is 7.38. The lowest BCUT2D eigenvalue weighted by Gasteiger charge is -2.20. The zero-order chi connectivity index (χ0) is 16.6. The van der Waals surface area contributed by atoms with Crippen LogP contribution in [0.15, 0.2) is 36.6 Å². The molecule has 2 aromatic carbocycles.